The summed E-state index contributed by atoms with van der Waals surface area (Å²) in [7, 11) is -5.59. The van der Waals surface area contributed by atoms with Crippen molar-refractivity contribution in [2.24, 2.45) is 0 Å². The molecule has 0 amide bonds. The first-order valence-corrected chi connectivity index (χ1v) is 6.54. The molecule has 0 radical (unpaired) electrons. The molecule has 1 N–H and O–H groups in total. The van der Waals surface area contributed by atoms with Gasteiger partial charge in [0.1, 0.15) is 5.75 Å². The molecular formula is C10H10F3NO3S. The van der Waals surface area contributed by atoms with E-state index in [-0.39, 0.29) is 5.75 Å². The number of halogens is 3. The SMILES string of the molecule is O=S(=O)(Oc1ccc2c(c1)CCNC2)C(F)(F)F. The quantitative estimate of drug-likeness (QED) is 0.660. The van der Waals surface area contributed by atoms with Crippen molar-refractivity contribution < 1.29 is 25.8 Å². The molecule has 0 unspecified atom stereocenters. The Balaban J connectivity index is 2.26. The first kappa shape index (κ1) is 13.2. The van der Waals surface area contributed by atoms with Crippen LogP contribution in [0.15, 0.2) is 18.2 Å². The fourth-order valence-electron chi connectivity index (χ4n) is 1.68. The first-order valence-electron chi connectivity index (χ1n) is 5.13. The lowest BCUT2D eigenvalue weighted by Gasteiger charge is -2.18. The first-order chi connectivity index (χ1) is 8.29. The average molecular weight is 281 g/mol. The third kappa shape index (κ3) is 2.59. The molecule has 0 spiro atoms. The van der Waals surface area contributed by atoms with Crippen LogP contribution in [-0.2, 0) is 23.1 Å². The van der Waals surface area contributed by atoms with E-state index >= 15 is 0 Å². The van der Waals surface area contributed by atoms with Gasteiger partial charge < -0.3 is 9.50 Å². The second-order valence-corrected chi connectivity index (χ2v) is 5.38. The van der Waals surface area contributed by atoms with Crippen LogP contribution < -0.4 is 9.50 Å². The van der Waals surface area contributed by atoms with Crippen molar-refractivity contribution in [1.29, 1.82) is 0 Å². The maximum Gasteiger partial charge on any atom is 0.534 e. The molecule has 0 fully saturated rings. The topological polar surface area (TPSA) is 55.4 Å². The summed E-state index contributed by atoms with van der Waals surface area (Å²) < 4.78 is 62.1. The fraction of sp³-hybridized carbons (Fsp3) is 0.400. The van der Waals surface area contributed by atoms with Crippen LogP contribution in [0.25, 0.3) is 0 Å². The molecule has 0 atom stereocenters. The summed E-state index contributed by atoms with van der Waals surface area (Å²) >= 11 is 0. The zero-order chi connectivity index (χ0) is 13.4. The van der Waals surface area contributed by atoms with Crippen molar-refractivity contribution in [3.05, 3.63) is 29.3 Å². The average Bonchev–Trinajstić information content (AvgIpc) is 2.27. The molecule has 1 aliphatic heterocycles. The molecule has 0 saturated carbocycles. The van der Waals surface area contributed by atoms with E-state index in [9.17, 15) is 21.6 Å². The van der Waals surface area contributed by atoms with Gasteiger partial charge in [-0.15, -0.1) is 0 Å². The van der Waals surface area contributed by atoms with Crippen LogP contribution >= 0.6 is 0 Å². The van der Waals surface area contributed by atoms with Gasteiger partial charge in [-0.05, 0) is 36.2 Å². The van der Waals surface area contributed by atoms with Crippen molar-refractivity contribution in [1.82, 2.24) is 5.32 Å². The van der Waals surface area contributed by atoms with Gasteiger partial charge in [0, 0.05) is 6.54 Å². The highest BCUT2D eigenvalue weighted by Gasteiger charge is 2.48. The van der Waals surface area contributed by atoms with Gasteiger partial charge in [-0.25, -0.2) is 0 Å². The Kier molecular flexibility index (Phi) is 3.24. The summed E-state index contributed by atoms with van der Waals surface area (Å²) in [6, 6.07) is 4.11. The van der Waals surface area contributed by atoms with Crippen molar-refractivity contribution in [3.8, 4) is 5.75 Å². The Hall–Kier alpha value is -1.28. The van der Waals surface area contributed by atoms with Crippen molar-refractivity contribution in [2.75, 3.05) is 6.54 Å². The number of benzene rings is 1. The maximum atomic E-state index is 12.1. The van der Waals surface area contributed by atoms with Crippen LogP contribution in [0.2, 0.25) is 0 Å². The van der Waals surface area contributed by atoms with Gasteiger partial charge in [0.25, 0.3) is 0 Å². The highest BCUT2D eigenvalue weighted by molar-refractivity contribution is 7.87. The van der Waals surface area contributed by atoms with Gasteiger partial charge >= 0.3 is 15.6 Å². The molecule has 2 rings (SSSR count). The Labute approximate surface area is 102 Å². The zero-order valence-electron chi connectivity index (χ0n) is 9.12. The van der Waals surface area contributed by atoms with E-state index in [1.54, 1.807) is 6.07 Å². The third-order valence-corrected chi connectivity index (χ3v) is 3.53. The van der Waals surface area contributed by atoms with Gasteiger partial charge in [0.15, 0.2) is 0 Å². The van der Waals surface area contributed by atoms with E-state index < -0.39 is 15.6 Å². The smallest absolute Gasteiger partial charge is 0.376 e. The zero-order valence-corrected chi connectivity index (χ0v) is 9.94. The molecule has 1 aromatic carbocycles. The van der Waals surface area contributed by atoms with Crippen LogP contribution in [-0.4, -0.2) is 20.5 Å². The predicted octanol–water partition coefficient (Wildman–Crippen LogP) is 1.56. The lowest BCUT2D eigenvalue weighted by atomic mass is 10.0. The number of hydrogen-bond acceptors (Lipinski definition) is 4. The molecule has 18 heavy (non-hydrogen) atoms. The minimum absolute atomic E-state index is 0.312. The number of alkyl halides is 3. The fourth-order valence-corrected chi connectivity index (χ4v) is 2.13. The van der Waals surface area contributed by atoms with Crippen LogP contribution in [0.5, 0.6) is 5.75 Å². The maximum absolute atomic E-state index is 12.1. The number of fused-ring (bicyclic) bond motifs is 1. The highest BCUT2D eigenvalue weighted by atomic mass is 32.2. The summed E-state index contributed by atoms with van der Waals surface area (Å²) in [5.41, 5.74) is -3.69. The van der Waals surface area contributed by atoms with Crippen LogP contribution in [0.1, 0.15) is 11.1 Å². The Morgan fingerprint density at radius 1 is 1.22 bits per heavy atom. The van der Waals surface area contributed by atoms with Crippen LogP contribution in [0.4, 0.5) is 13.2 Å². The molecule has 1 aliphatic rings. The number of hydrogen-bond donors (Lipinski definition) is 1. The Morgan fingerprint density at radius 3 is 2.61 bits per heavy atom. The summed E-state index contributed by atoms with van der Waals surface area (Å²) in [6.45, 7) is 1.31. The molecule has 1 heterocycles. The van der Waals surface area contributed by atoms with E-state index in [2.05, 4.69) is 9.50 Å². The van der Waals surface area contributed by atoms with E-state index in [0.29, 0.717) is 19.5 Å². The van der Waals surface area contributed by atoms with Crippen molar-refractivity contribution in [2.45, 2.75) is 18.5 Å². The second-order valence-electron chi connectivity index (χ2n) is 3.84. The van der Waals surface area contributed by atoms with Gasteiger partial charge in [0.2, 0.25) is 0 Å². The van der Waals surface area contributed by atoms with E-state index in [4.69, 9.17) is 0 Å². The van der Waals surface area contributed by atoms with Gasteiger partial charge in [-0.1, -0.05) is 6.07 Å². The molecule has 0 aliphatic carbocycles. The predicted molar refractivity (Wildman–Crippen MR) is 57.5 cm³/mol. The molecular weight excluding hydrogens is 271 g/mol. The minimum atomic E-state index is -5.59. The summed E-state index contributed by atoms with van der Waals surface area (Å²) in [4.78, 5) is 0. The molecule has 1 aromatic rings. The normalized spacial score (nSPS) is 16.2. The number of rotatable bonds is 2. The summed E-state index contributed by atoms with van der Waals surface area (Å²) in [5, 5.41) is 3.09. The Bertz CT molecular complexity index is 554. The van der Waals surface area contributed by atoms with Gasteiger partial charge in [-0.2, -0.15) is 21.6 Å². The van der Waals surface area contributed by atoms with Crippen molar-refractivity contribution >= 4 is 10.1 Å². The second kappa shape index (κ2) is 4.43. The third-order valence-electron chi connectivity index (χ3n) is 2.55. The van der Waals surface area contributed by atoms with Gasteiger partial charge in [0.05, 0.1) is 0 Å². The lowest BCUT2D eigenvalue weighted by molar-refractivity contribution is -0.0500. The minimum Gasteiger partial charge on any atom is -0.376 e. The van der Waals surface area contributed by atoms with E-state index in [1.165, 1.54) is 12.1 Å². The summed E-state index contributed by atoms with van der Waals surface area (Å²) in [5.74, 6) is -0.312. The molecule has 100 valence electrons. The number of nitrogens with one attached hydrogen (secondary N) is 1. The molecule has 4 nitrogen and oxygen atoms in total. The van der Waals surface area contributed by atoms with Crippen LogP contribution in [0.3, 0.4) is 0 Å². The highest BCUT2D eigenvalue weighted by Crippen LogP contribution is 2.28. The largest absolute Gasteiger partial charge is 0.534 e. The van der Waals surface area contributed by atoms with E-state index in [1.807, 2.05) is 0 Å². The van der Waals surface area contributed by atoms with Crippen molar-refractivity contribution in [3.63, 3.8) is 0 Å². The summed E-state index contributed by atoms with van der Waals surface area (Å²) in [6.07, 6.45) is 0.624. The Morgan fingerprint density at radius 2 is 1.94 bits per heavy atom. The monoisotopic (exact) mass is 281 g/mol. The van der Waals surface area contributed by atoms with Gasteiger partial charge in [-0.3, -0.25) is 0 Å². The molecule has 0 bridgehead atoms. The van der Waals surface area contributed by atoms with E-state index in [0.717, 1.165) is 11.1 Å². The molecule has 0 saturated heterocycles. The standard InChI is InChI=1S/C10H10F3NO3S/c11-10(12,13)18(15,16)17-9-2-1-8-6-14-4-3-7(8)5-9/h1-2,5,14H,3-4,6H2. The van der Waals surface area contributed by atoms with Crippen LogP contribution in [0, 0.1) is 0 Å². The lowest BCUT2D eigenvalue weighted by Crippen LogP contribution is -2.28. The molecule has 8 heteroatoms. The molecule has 0 aromatic heterocycles.